The highest BCUT2D eigenvalue weighted by Crippen LogP contribution is 2.35. The first-order chi connectivity index (χ1) is 10.5. The van der Waals surface area contributed by atoms with E-state index in [2.05, 4.69) is 0 Å². The van der Waals surface area contributed by atoms with Gasteiger partial charge in [0.05, 0.1) is 31.0 Å². The van der Waals surface area contributed by atoms with Crippen molar-refractivity contribution in [2.45, 2.75) is 0 Å². The highest BCUT2D eigenvalue weighted by Gasteiger charge is 2.34. The lowest BCUT2D eigenvalue weighted by Gasteiger charge is -2.36. The molecule has 22 heavy (non-hydrogen) atoms. The van der Waals surface area contributed by atoms with Crippen LogP contribution in [0.25, 0.3) is 0 Å². The molecule has 0 atom stereocenters. The number of nitrogens with zero attached hydrogens (tertiary/aromatic N) is 2. The van der Waals surface area contributed by atoms with Crippen LogP contribution in [0.3, 0.4) is 0 Å². The van der Waals surface area contributed by atoms with Crippen molar-refractivity contribution in [3.05, 3.63) is 23.8 Å². The van der Waals surface area contributed by atoms with Crippen LogP contribution in [-0.2, 0) is 14.9 Å². The number of rotatable bonds is 3. The van der Waals surface area contributed by atoms with Crippen LogP contribution in [0, 0.1) is 0 Å². The lowest BCUT2D eigenvalue weighted by molar-refractivity contribution is 0.0696. The van der Waals surface area contributed by atoms with E-state index in [-0.39, 0.29) is 24.5 Å². The van der Waals surface area contributed by atoms with Crippen molar-refractivity contribution < 1.29 is 27.8 Å². The molecule has 1 N–H and O–H groups in total. The van der Waals surface area contributed by atoms with E-state index in [0.717, 1.165) is 0 Å². The molecule has 0 bridgehead atoms. The second-order valence-electron chi connectivity index (χ2n) is 4.93. The minimum atomic E-state index is -3.67. The topological polar surface area (TPSA) is 96.4 Å². The van der Waals surface area contributed by atoms with Crippen molar-refractivity contribution in [1.29, 1.82) is 0 Å². The van der Waals surface area contributed by atoms with Crippen LogP contribution in [0.2, 0.25) is 0 Å². The highest BCUT2D eigenvalue weighted by molar-refractivity contribution is 7.90. The van der Waals surface area contributed by atoms with E-state index in [1.54, 1.807) is 0 Å². The van der Waals surface area contributed by atoms with Gasteiger partial charge < -0.3 is 14.6 Å². The van der Waals surface area contributed by atoms with Gasteiger partial charge in [-0.05, 0) is 18.2 Å². The first-order valence-corrected chi connectivity index (χ1v) is 8.25. The Kier molecular flexibility index (Phi) is 3.94. The minimum Gasteiger partial charge on any atom is -0.489 e. The molecule has 0 spiro atoms. The fourth-order valence-electron chi connectivity index (χ4n) is 2.48. The zero-order chi connectivity index (χ0) is 15.7. The third-order valence-electron chi connectivity index (χ3n) is 3.60. The molecule has 2 heterocycles. The first-order valence-electron chi connectivity index (χ1n) is 6.86. The summed E-state index contributed by atoms with van der Waals surface area (Å²) in [5.41, 5.74) is 0.423. The Morgan fingerprint density at radius 2 is 1.86 bits per heavy atom. The van der Waals surface area contributed by atoms with Crippen molar-refractivity contribution in [3.63, 3.8) is 0 Å². The molecule has 2 aliphatic heterocycles. The Labute approximate surface area is 128 Å². The fourth-order valence-corrected chi connectivity index (χ4v) is 4.08. The van der Waals surface area contributed by atoms with Crippen molar-refractivity contribution >= 4 is 21.9 Å². The van der Waals surface area contributed by atoms with Gasteiger partial charge in [-0.1, -0.05) is 0 Å². The molecule has 0 unspecified atom stereocenters. The molecule has 0 aromatic heterocycles. The van der Waals surface area contributed by atoms with Crippen molar-refractivity contribution in [3.8, 4) is 5.75 Å². The summed E-state index contributed by atoms with van der Waals surface area (Å²) < 4.78 is 38.7. The molecule has 1 fully saturated rings. The molecule has 1 aromatic carbocycles. The molecular weight excluding hydrogens is 312 g/mol. The Morgan fingerprint density at radius 3 is 2.55 bits per heavy atom. The van der Waals surface area contributed by atoms with Gasteiger partial charge in [0, 0.05) is 13.1 Å². The average Bonchev–Trinajstić information content (AvgIpc) is 2.54. The number of fused-ring (bicyclic) bond motifs is 1. The van der Waals surface area contributed by atoms with E-state index < -0.39 is 16.2 Å². The van der Waals surface area contributed by atoms with Crippen LogP contribution >= 0.6 is 0 Å². The van der Waals surface area contributed by atoms with E-state index in [4.69, 9.17) is 14.6 Å². The predicted octanol–water partition coefficient (Wildman–Crippen LogP) is 0.161. The molecule has 0 radical (unpaired) electrons. The number of anilines is 1. The molecule has 3 rings (SSSR count). The SMILES string of the molecule is O=C(O)c1ccc2c(c1)OCCN2S(=O)(=O)N1CCOCC1. The molecule has 8 nitrogen and oxygen atoms in total. The van der Waals surface area contributed by atoms with Gasteiger partial charge >= 0.3 is 16.2 Å². The normalized spacial score (nSPS) is 19.4. The van der Waals surface area contributed by atoms with E-state index in [0.29, 0.717) is 32.0 Å². The van der Waals surface area contributed by atoms with Crippen LogP contribution in [0.5, 0.6) is 5.75 Å². The quantitative estimate of drug-likeness (QED) is 0.849. The third-order valence-corrected chi connectivity index (χ3v) is 5.56. The maximum atomic E-state index is 12.7. The second-order valence-corrected chi connectivity index (χ2v) is 6.78. The summed E-state index contributed by atoms with van der Waals surface area (Å²) in [6, 6.07) is 4.19. The number of benzene rings is 1. The van der Waals surface area contributed by atoms with Gasteiger partial charge in [0.25, 0.3) is 0 Å². The summed E-state index contributed by atoms with van der Waals surface area (Å²) in [5.74, 6) is -0.817. The summed E-state index contributed by atoms with van der Waals surface area (Å²) in [7, 11) is -3.67. The van der Waals surface area contributed by atoms with Gasteiger partial charge in [0.15, 0.2) is 0 Å². The number of morpholine rings is 1. The van der Waals surface area contributed by atoms with Crippen LogP contribution < -0.4 is 9.04 Å². The highest BCUT2D eigenvalue weighted by atomic mass is 32.2. The maximum absolute atomic E-state index is 12.7. The Hall–Kier alpha value is -1.84. The fraction of sp³-hybridized carbons (Fsp3) is 0.462. The number of carboxylic acids is 1. The van der Waals surface area contributed by atoms with Crippen molar-refractivity contribution in [2.24, 2.45) is 0 Å². The third kappa shape index (κ3) is 2.62. The molecule has 0 saturated carbocycles. The van der Waals surface area contributed by atoms with Crippen LogP contribution in [0.1, 0.15) is 10.4 Å². The Balaban J connectivity index is 1.95. The number of hydrogen-bond donors (Lipinski definition) is 1. The molecule has 1 saturated heterocycles. The summed E-state index contributed by atoms with van der Waals surface area (Å²) in [6.07, 6.45) is 0. The maximum Gasteiger partial charge on any atom is 0.335 e. The standard InChI is InChI=1S/C13H16N2O6S/c16-13(17)10-1-2-11-12(9-10)21-8-5-15(11)22(18,19)14-3-6-20-7-4-14/h1-2,9H,3-8H2,(H,16,17). The molecule has 1 aromatic rings. The molecule has 120 valence electrons. The Bertz CT molecular complexity index is 684. The first kappa shape index (κ1) is 15.1. The number of hydrogen-bond acceptors (Lipinski definition) is 5. The van der Waals surface area contributed by atoms with E-state index in [9.17, 15) is 13.2 Å². The number of aromatic carboxylic acids is 1. The van der Waals surface area contributed by atoms with E-state index in [1.807, 2.05) is 0 Å². The largest absolute Gasteiger partial charge is 0.489 e. The summed E-state index contributed by atoms with van der Waals surface area (Å²) in [4.78, 5) is 11.0. The van der Waals surface area contributed by atoms with Crippen LogP contribution in [-0.4, -0.2) is 63.3 Å². The zero-order valence-electron chi connectivity index (χ0n) is 11.8. The molecule has 0 amide bonds. The lowest BCUT2D eigenvalue weighted by Crippen LogP contribution is -2.50. The summed E-state index contributed by atoms with van der Waals surface area (Å²) in [6.45, 7) is 1.73. The smallest absolute Gasteiger partial charge is 0.335 e. The number of ether oxygens (including phenoxy) is 2. The minimum absolute atomic E-state index is 0.0596. The molecular formula is C13H16N2O6S. The van der Waals surface area contributed by atoms with Gasteiger partial charge in [-0.3, -0.25) is 4.31 Å². The molecule has 0 aliphatic carbocycles. The van der Waals surface area contributed by atoms with E-state index >= 15 is 0 Å². The summed E-state index contributed by atoms with van der Waals surface area (Å²) in [5, 5.41) is 9.01. The summed E-state index contributed by atoms with van der Waals surface area (Å²) >= 11 is 0. The van der Waals surface area contributed by atoms with Crippen LogP contribution in [0.4, 0.5) is 5.69 Å². The van der Waals surface area contributed by atoms with Crippen molar-refractivity contribution in [2.75, 3.05) is 43.8 Å². The second kappa shape index (κ2) is 5.75. The monoisotopic (exact) mass is 328 g/mol. The van der Waals surface area contributed by atoms with Gasteiger partial charge in [0.1, 0.15) is 12.4 Å². The number of carbonyl (C=O) groups is 1. The van der Waals surface area contributed by atoms with Gasteiger partial charge in [-0.2, -0.15) is 12.7 Å². The lowest BCUT2D eigenvalue weighted by atomic mass is 10.2. The number of carboxylic acid groups (broad SMARTS) is 1. The van der Waals surface area contributed by atoms with E-state index in [1.165, 1.54) is 26.8 Å². The van der Waals surface area contributed by atoms with Gasteiger partial charge in [0.2, 0.25) is 0 Å². The Morgan fingerprint density at radius 1 is 1.14 bits per heavy atom. The average molecular weight is 328 g/mol. The van der Waals surface area contributed by atoms with Gasteiger partial charge in [-0.15, -0.1) is 0 Å². The zero-order valence-corrected chi connectivity index (χ0v) is 12.6. The predicted molar refractivity (Wildman–Crippen MR) is 77.6 cm³/mol. The van der Waals surface area contributed by atoms with Crippen LogP contribution in [0.15, 0.2) is 18.2 Å². The molecule has 9 heteroatoms. The molecule has 2 aliphatic rings. The van der Waals surface area contributed by atoms with Crippen molar-refractivity contribution in [1.82, 2.24) is 4.31 Å². The van der Waals surface area contributed by atoms with Gasteiger partial charge in [-0.25, -0.2) is 4.79 Å².